The predicted molar refractivity (Wildman–Crippen MR) is 117 cm³/mol. The molecule has 0 amide bonds. The van der Waals surface area contributed by atoms with Crippen molar-refractivity contribution in [3.63, 3.8) is 0 Å². The highest BCUT2D eigenvalue weighted by molar-refractivity contribution is 9.12. The van der Waals surface area contributed by atoms with E-state index in [1.807, 2.05) is 12.5 Å². The van der Waals surface area contributed by atoms with Crippen molar-refractivity contribution in [3.05, 3.63) is 78.4 Å². The van der Waals surface area contributed by atoms with Crippen LogP contribution in [0.1, 0.15) is 29.4 Å². The van der Waals surface area contributed by atoms with Crippen molar-refractivity contribution in [2.75, 3.05) is 0 Å². The summed E-state index contributed by atoms with van der Waals surface area (Å²) in [4.78, 5) is 5.02. The summed E-state index contributed by atoms with van der Waals surface area (Å²) < 4.78 is 2.24. The number of alkyl halides is 2. The highest BCUT2D eigenvalue weighted by Crippen LogP contribution is 2.33. The fourth-order valence-corrected chi connectivity index (χ4v) is 4.46. The van der Waals surface area contributed by atoms with Gasteiger partial charge in [-0.3, -0.25) is 0 Å². The number of rotatable bonds is 5. The Bertz CT molecular complexity index is 1050. The maximum absolute atomic E-state index is 4.40. The molecule has 0 spiro atoms. The van der Waals surface area contributed by atoms with Crippen LogP contribution in [0.4, 0.5) is 0 Å². The Morgan fingerprint density at radius 2 is 1.69 bits per heavy atom. The lowest BCUT2D eigenvalue weighted by Gasteiger charge is -2.18. The summed E-state index contributed by atoms with van der Waals surface area (Å²) in [6.45, 7) is 3.00. The summed E-state index contributed by atoms with van der Waals surface area (Å²) in [7, 11) is 0. The Kier molecular flexibility index (Phi) is 5.14. The van der Waals surface area contributed by atoms with Crippen LogP contribution in [0.2, 0.25) is 0 Å². The Balaban J connectivity index is 1.77. The molecular weight excluding hydrogens is 452 g/mol. The molecule has 26 heavy (non-hydrogen) atoms. The molecule has 0 N–H and O–H groups in total. The molecule has 1 aromatic heterocycles. The number of hydrogen-bond donors (Lipinski definition) is 0. The lowest BCUT2D eigenvalue weighted by atomic mass is 9.99. The third kappa shape index (κ3) is 3.33. The summed E-state index contributed by atoms with van der Waals surface area (Å²) in [5, 5.41) is 5.15. The lowest BCUT2D eigenvalue weighted by Crippen LogP contribution is -2.11. The van der Waals surface area contributed by atoms with Crippen LogP contribution in [0.3, 0.4) is 0 Å². The first-order chi connectivity index (χ1) is 12.7. The Morgan fingerprint density at radius 1 is 0.962 bits per heavy atom. The quantitative estimate of drug-likeness (QED) is 0.230. The second kappa shape index (κ2) is 7.53. The number of aromatic nitrogens is 2. The van der Waals surface area contributed by atoms with Gasteiger partial charge >= 0.3 is 0 Å². The van der Waals surface area contributed by atoms with E-state index in [1.165, 1.54) is 32.8 Å². The minimum absolute atomic E-state index is 0.241. The maximum atomic E-state index is 4.40. The molecule has 132 valence electrons. The topological polar surface area (TPSA) is 17.8 Å². The van der Waals surface area contributed by atoms with Gasteiger partial charge in [-0.2, -0.15) is 0 Å². The van der Waals surface area contributed by atoms with Crippen molar-refractivity contribution >= 4 is 53.4 Å². The van der Waals surface area contributed by atoms with E-state index in [2.05, 4.69) is 103 Å². The molecule has 0 bridgehead atoms. The normalized spacial score (nSPS) is 14.0. The number of halogens is 2. The largest absolute Gasteiger partial charge is 0.329 e. The number of fused-ring (bicyclic) bond motifs is 2. The molecule has 0 aliphatic rings. The number of nitrogens with zero attached hydrogens (tertiary/aromatic N) is 2. The first-order valence-corrected chi connectivity index (χ1v) is 10.7. The smallest absolute Gasteiger partial charge is 0.0951 e. The van der Waals surface area contributed by atoms with Gasteiger partial charge in [0, 0.05) is 17.6 Å². The molecule has 4 rings (SSSR count). The van der Waals surface area contributed by atoms with E-state index >= 15 is 0 Å². The van der Waals surface area contributed by atoms with Gasteiger partial charge in [-0.25, -0.2) is 4.98 Å². The molecule has 0 aliphatic carbocycles. The summed E-state index contributed by atoms with van der Waals surface area (Å²) in [6.07, 6.45) is 4.95. The van der Waals surface area contributed by atoms with Crippen LogP contribution in [-0.2, 0) is 6.54 Å². The second-order valence-electron chi connectivity index (χ2n) is 6.61. The third-order valence-corrected chi connectivity index (χ3v) is 7.91. The summed E-state index contributed by atoms with van der Waals surface area (Å²) >= 11 is 7.59. The van der Waals surface area contributed by atoms with E-state index in [4.69, 9.17) is 0 Å². The van der Waals surface area contributed by atoms with E-state index in [9.17, 15) is 0 Å². The molecular formula is C22H20Br2N2. The van der Waals surface area contributed by atoms with Gasteiger partial charge in [0.25, 0.3) is 0 Å². The van der Waals surface area contributed by atoms with Gasteiger partial charge in [0.15, 0.2) is 0 Å². The average Bonchev–Trinajstić information content (AvgIpc) is 3.13. The van der Waals surface area contributed by atoms with Crippen LogP contribution >= 0.6 is 31.9 Å². The zero-order valence-electron chi connectivity index (χ0n) is 14.6. The van der Waals surface area contributed by atoms with Crippen LogP contribution < -0.4 is 0 Å². The van der Waals surface area contributed by atoms with Crippen LogP contribution in [0.25, 0.3) is 21.5 Å². The predicted octanol–water partition coefficient (Wildman–Crippen LogP) is 6.85. The van der Waals surface area contributed by atoms with Gasteiger partial charge in [0.2, 0.25) is 0 Å². The van der Waals surface area contributed by atoms with Crippen molar-refractivity contribution in [2.45, 2.75) is 29.5 Å². The molecule has 4 heteroatoms. The summed E-state index contributed by atoms with van der Waals surface area (Å²) in [6, 6.07) is 19.7. The number of hydrogen-bond acceptors (Lipinski definition) is 1. The lowest BCUT2D eigenvalue weighted by molar-refractivity contribution is 0.708. The molecule has 0 saturated heterocycles. The standard InChI is InChI=1S/C22H20Br2N2/c1-2-20(23)22(24)21-12-25-14-26(21)13-18-9-5-8-17-10-15-6-3-4-7-16(15)11-19(17)18/h3-12,14,20,22H,2,13H2,1H3. The highest BCUT2D eigenvalue weighted by atomic mass is 79.9. The summed E-state index contributed by atoms with van der Waals surface area (Å²) in [5.74, 6) is 0. The summed E-state index contributed by atoms with van der Waals surface area (Å²) in [5.41, 5.74) is 2.52. The second-order valence-corrected chi connectivity index (χ2v) is 8.77. The SMILES string of the molecule is CCC(Br)C(Br)c1cncn1Cc1cccc2cc3ccccc3cc12. The molecule has 2 nitrogen and oxygen atoms in total. The zero-order chi connectivity index (χ0) is 18.1. The fraction of sp³-hybridized carbons (Fsp3) is 0.227. The fourth-order valence-electron chi connectivity index (χ4n) is 3.44. The Labute approximate surface area is 170 Å². The van der Waals surface area contributed by atoms with Gasteiger partial charge in [-0.15, -0.1) is 0 Å². The van der Waals surface area contributed by atoms with Crippen LogP contribution in [-0.4, -0.2) is 14.4 Å². The zero-order valence-corrected chi connectivity index (χ0v) is 17.7. The van der Waals surface area contributed by atoms with Crippen molar-refractivity contribution in [1.29, 1.82) is 0 Å². The van der Waals surface area contributed by atoms with E-state index < -0.39 is 0 Å². The Hall–Kier alpha value is -1.65. The average molecular weight is 472 g/mol. The van der Waals surface area contributed by atoms with Gasteiger partial charge in [0.1, 0.15) is 0 Å². The molecule has 2 unspecified atom stereocenters. The first-order valence-electron chi connectivity index (χ1n) is 8.86. The van der Waals surface area contributed by atoms with Crippen molar-refractivity contribution < 1.29 is 0 Å². The van der Waals surface area contributed by atoms with Crippen LogP contribution in [0, 0.1) is 0 Å². The number of imidazole rings is 1. The number of benzene rings is 3. The van der Waals surface area contributed by atoms with Gasteiger partial charge in [-0.05, 0) is 45.7 Å². The van der Waals surface area contributed by atoms with E-state index in [1.54, 1.807) is 0 Å². The van der Waals surface area contributed by atoms with Gasteiger partial charge < -0.3 is 4.57 Å². The molecule has 0 radical (unpaired) electrons. The van der Waals surface area contributed by atoms with E-state index in [-0.39, 0.29) is 4.83 Å². The van der Waals surface area contributed by atoms with Gasteiger partial charge in [0.05, 0.1) is 16.8 Å². The van der Waals surface area contributed by atoms with Crippen molar-refractivity contribution in [2.24, 2.45) is 0 Å². The van der Waals surface area contributed by atoms with Crippen molar-refractivity contribution in [3.8, 4) is 0 Å². The molecule has 4 aromatic rings. The molecule has 0 aliphatic heterocycles. The van der Waals surface area contributed by atoms with E-state index in [0.29, 0.717) is 4.83 Å². The van der Waals surface area contributed by atoms with E-state index in [0.717, 1.165) is 13.0 Å². The molecule has 1 heterocycles. The monoisotopic (exact) mass is 470 g/mol. The van der Waals surface area contributed by atoms with Crippen molar-refractivity contribution in [1.82, 2.24) is 9.55 Å². The maximum Gasteiger partial charge on any atom is 0.0951 e. The molecule has 0 fully saturated rings. The molecule has 3 aromatic carbocycles. The Morgan fingerprint density at radius 3 is 2.46 bits per heavy atom. The highest BCUT2D eigenvalue weighted by Gasteiger charge is 2.20. The minimum atomic E-state index is 0.241. The van der Waals surface area contributed by atoms with Gasteiger partial charge in [-0.1, -0.05) is 81.2 Å². The third-order valence-electron chi connectivity index (χ3n) is 4.91. The first kappa shape index (κ1) is 17.7. The van der Waals surface area contributed by atoms with Crippen LogP contribution in [0.15, 0.2) is 67.1 Å². The molecule has 2 atom stereocenters. The molecule has 0 saturated carbocycles. The minimum Gasteiger partial charge on any atom is -0.329 e. The van der Waals surface area contributed by atoms with Crippen LogP contribution in [0.5, 0.6) is 0 Å².